The van der Waals surface area contributed by atoms with Crippen LogP contribution in [0.2, 0.25) is 0 Å². The van der Waals surface area contributed by atoms with Crippen LogP contribution in [0.4, 0.5) is 0 Å². The van der Waals surface area contributed by atoms with Crippen LogP contribution in [0.15, 0.2) is 0 Å². The Morgan fingerprint density at radius 1 is 1.31 bits per heavy atom. The van der Waals surface area contributed by atoms with Crippen LogP contribution in [0, 0.1) is 11.3 Å². The van der Waals surface area contributed by atoms with Crippen LogP contribution in [0.3, 0.4) is 0 Å². The van der Waals surface area contributed by atoms with Crippen molar-refractivity contribution in [3.63, 3.8) is 0 Å². The van der Waals surface area contributed by atoms with E-state index in [0.29, 0.717) is 32.7 Å². The van der Waals surface area contributed by atoms with Crippen molar-refractivity contribution < 1.29 is 14.3 Å². The van der Waals surface area contributed by atoms with Gasteiger partial charge >= 0.3 is 0 Å². The third kappa shape index (κ3) is 4.34. The molecule has 1 saturated heterocycles. The molecule has 2 amide bonds. The number of rotatable bonds is 7. The zero-order valence-corrected chi connectivity index (χ0v) is 17.5. The van der Waals surface area contributed by atoms with E-state index < -0.39 is 11.0 Å². The molecule has 0 bridgehead atoms. The van der Waals surface area contributed by atoms with Crippen LogP contribution >= 0.6 is 12.4 Å². The molecule has 0 spiro atoms. The fourth-order valence-corrected chi connectivity index (χ4v) is 3.99. The molecular weight excluding hydrogens is 354 g/mol. The summed E-state index contributed by atoms with van der Waals surface area (Å²) in [6.45, 7) is 10.6. The Bertz CT molecular complexity index is 500. The molecule has 0 aromatic heterocycles. The second-order valence-corrected chi connectivity index (χ2v) is 8.08. The summed E-state index contributed by atoms with van der Waals surface area (Å²) in [5.41, 5.74) is 5.24. The van der Waals surface area contributed by atoms with Crippen molar-refractivity contribution in [2.75, 3.05) is 26.2 Å². The van der Waals surface area contributed by atoms with E-state index in [4.69, 9.17) is 10.5 Å². The molecule has 0 aromatic rings. The molecule has 26 heavy (non-hydrogen) atoms. The molecule has 7 heteroatoms. The van der Waals surface area contributed by atoms with Gasteiger partial charge < -0.3 is 20.7 Å². The van der Waals surface area contributed by atoms with E-state index in [-0.39, 0.29) is 36.2 Å². The van der Waals surface area contributed by atoms with Gasteiger partial charge in [-0.25, -0.2) is 0 Å². The quantitative estimate of drug-likeness (QED) is 0.653. The smallest absolute Gasteiger partial charge is 0.243 e. The second kappa shape index (κ2) is 9.38. The fraction of sp³-hybridized carbons (Fsp3) is 0.895. The van der Waals surface area contributed by atoms with Gasteiger partial charge in [0.2, 0.25) is 11.8 Å². The van der Waals surface area contributed by atoms with Crippen molar-refractivity contribution in [3.05, 3.63) is 0 Å². The zero-order chi connectivity index (χ0) is 18.7. The molecule has 152 valence electrons. The van der Waals surface area contributed by atoms with Gasteiger partial charge in [0.25, 0.3) is 0 Å². The second-order valence-electron chi connectivity index (χ2n) is 8.08. The number of hydrogen-bond acceptors (Lipinski definition) is 4. The zero-order valence-electron chi connectivity index (χ0n) is 16.7. The Morgan fingerprint density at radius 3 is 2.58 bits per heavy atom. The van der Waals surface area contributed by atoms with Gasteiger partial charge in [-0.15, -0.1) is 12.4 Å². The highest BCUT2D eigenvalue weighted by Crippen LogP contribution is 2.50. The van der Waals surface area contributed by atoms with Gasteiger partial charge in [0.05, 0.1) is 12.0 Å². The molecule has 0 aromatic carbocycles. The summed E-state index contributed by atoms with van der Waals surface area (Å²) in [7, 11) is 0. The van der Waals surface area contributed by atoms with Crippen molar-refractivity contribution in [1.29, 1.82) is 0 Å². The summed E-state index contributed by atoms with van der Waals surface area (Å²) in [6.07, 6.45) is 4.30. The average Bonchev–Trinajstić information content (AvgIpc) is 2.61. The van der Waals surface area contributed by atoms with Crippen molar-refractivity contribution in [3.8, 4) is 0 Å². The number of halogens is 1. The maximum Gasteiger partial charge on any atom is 0.243 e. The number of unbranched alkanes of at least 4 members (excludes halogenated alkanes) is 1. The van der Waals surface area contributed by atoms with Gasteiger partial charge in [-0.3, -0.25) is 9.59 Å². The highest BCUT2D eigenvalue weighted by atomic mass is 35.5. The van der Waals surface area contributed by atoms with Gasteiger partial charge in [-0.1, -0.05) is 27.2 Å². The number of nitrogens with zero attached hydrogens (tertiary/aromatic N) is 1. The van der Waals surface area contributed by atoms with Gasteiger partial charge in [0.15, 0.2) is 0 Å². The summed E-state index contributed by atoms with van der Waals surface area (Å²) in [5, 5.41) is 2.99. The largest absolute Gasteiger partial charge is 0.378 e. The predicted molar refractivity (Wildman–Crippen MR) is 105 cm³/mol. The third-order valence-electron chi connectivity index (χ3n) is 6.12. The lowest BCUT2D eigenvalue weighted by Crippen LogP contribution is -2.76. The van der Waals surface area contributed by atoms with Gasteiger partial charge in [0, 0.05) is 38.1 Å². The molecule has 2 aliphatic rings. The molecule has 3 atom stereocenters. The molecular formula is C19H36ClN3O3. The number of piperidine rings is 1. The minimum Gasteiger partial charge on any atom is -0.378 e. The number of nitrogens with one attached hydrogen (secondary N) is 1. The average molecular weight is 390 g/mol. The van der Waals surface area contributed by atoms with Gasteiger partial charge in [0.1, 0.15) is 5.54 Å². The third-order valence-corrected chi connectivity index (χ3v) is 6.12. The molecule has 6 nitrogen and oxygen atoms in total. The highest BCUT2D eigenvalue weighted by Gasteiger charge is 2.63. The Kier molecular flexibility index (Phi) is 8.36. The topological polar surface area (TPSA) is 84.7 Å². The van der Waals surface area contributed by atoms with Crippen molar-refractivity contribution in [2.45, 2.75) is 71.4 Å². The minimum absolute atomic E-state index is 0. The van der Waals surface area contributed by atoms with E-state index in [9.17, 15) is 9.59 Å². The Balaban J connectivity index is 0.00000338. The van der Waals surface area contributed by atoms with E-state index in [1.54, 1.807) is 4.90 Å². The van der Waals surface area contributed by atoms with E-state index in [1.165, 1.54) is 0 Å². The van der Waals surface area contributed by atoms with E-state index >= 15 is 0 Å². The number of carbonyl (C=O) groups excluding carboxylic acids is 2. The minimum atomic E-state index is -0.895. The number of ether oxygens (including phenoxy) is 1. The number of likely N-dealkylation sites (tertiary alicyclic amines) is 1. The summed E-state index contributed by atoms with van der Waals surface area (Å²) in [5.74, 6) is -0.0828. The molecule has 2 fully saturated rings. The maximum atomic E-state index is 13.1. The first-order chi connectivity index (χ1) is 11.8. The lowest BCUT2D eigenvalue weighted by molar-refractivity contribution is -0.180. The first kappa shape index (κ1) is 23.2. The van der Waals surface area contributed by atoms with Crippen LogP contribution in [-0.4, -0.2) is 54.6 Å². The fourth-order valence-electron chi connectivity index (χ4n) is 3.99. The Hall–Kier alpha value is -0.850. The number of amides is 2. The monoisotopic (exact) mass is 389 g/mol. The molecule has 3 N–H and O–H groups in total. The number of nitrogens with two attached hydrogens (primary N) is 1. The van der Waals surface area contributed by atoms with Crippen LogP contribution in [0.25, 0.3) is 0 Å². The summed E-state index contributed by atoms with van der Waals surface area (Å²) < 4.78 is 5.73. The number of hydrogen-bond donors (Lipinski definition) is 2. The molecule has 1 aliphatic heterocycles. The van der Waals surface area contributed by atoms with Crippen LogP contribution in [-0.2, 0) is 14.3 Å². The predicted octanol–water partition coefficient (Wildman–Crippen LogP) is 2.10. The van der Waals surface area contributed by atoms with Gasteiger partial charge in [-0.2, -0.15) is 0 Å². The standard InChI is InChI=1S/C19H35N3O3.ClH/c1-5-7-10-21-16(23)14-9-8-11-22(13-14)17(24)19(20)12-15(25-6-2)18(19,3)4;/h14-15H,5-13,20H2,1-4H3,(H,21,23);1H. The molecule has 3 unspecified atom stereocenters. The van der Waals surface area contributed by atoms with Crippen LogP contribution in [0.5, 0.6) is 0 Å². The Labute approximate surface area is 164 Å². The van der Waals surface area contributed by atoms with Gasteiger partial charge in [-0.05, 0) is 26.2 Å². The summed E-state index contributed by atoms with van der Waals surface area (Å²) >= 11 is 0. The van der Waals surface area contributed by atoms with E-state index in [1.807, 2.05) is 20.8 Å². The lowest BCUT2D eigenvalue weighted by atomic mass is 9.54. The molecule has 1 saturated carbocycles. The summed E-state index contributed by atoms with van der Waals surface area (Å²) in [4.78, 5) is 27.3. The van der Waals surface area contributed by atoms with Crippen molar-refractivity contribution >= 4 is 24.2 Å². The lowest BCUT2D eigenvalue weighted by Gasteiger charge is -2.59. The van der Waals surface area contributed by atoms with E-state index in [2.05, 4.69) is 12.2 Å². The first-order valence-electron chi connectivity index (χ1n) is 9.75. The van der Waals surface area contributed by atoms with E-state index in [0.717, 1.165) is 25.7 Å². The van der Waals surface area contributed by atoms with Crippen LogP contribution in [0.1, 0.15) is 59.8 Å². The van der Waals surface area contributed by atoms with Crippen molar-refractivity contribution in [1.82, 2.24) is 10.2 Å². The normalized spacial score (nSPS) is 30.1. The Morgan fingerprint density at radius 2 is 2.00 bits per heavy atom. The van der Waals surface area contributed by atoms with Crippen LogP contribution < -0.4 is 11.1 Å². The maximum absolute atomic E-state index is 13.1. The SMILES string of the molecule is CCCCNC(=O)C1CCCN(C(=O)C2(N)CC(OCC)C2(C)C)C1.Cl. The molecule has 1 aliphatic carbocycles. The first-order valence-corrected chi connectivity index (χ1v) is 9.75. The highest BCUT2D eigenvalue weighted by molar-refractivity contribution is 5.89. The number of carbonyl (C=O) groups is 2. The molecule has 0 radical (unpaired) electrons. The summed E-state index contributed by atoms with van der Waals surface area (Å²) in [6, 6.07) is 0. The molecule has 2 rings (SSSR count). The molecule has 1 heterocycles. The van der Waals surface area contributed by atoms with Crippen molar-refractivity contribution in [2.24, 2.45) is 17.1 Å².